The fourth-order valence-electron chi connectivity index (χ4n) is 2.95. The molecule has 0 aliphatic carbocycles. The van der Waals surface area contributed by atoms with Crippen LogP contribution in [0.1, 0.15) is 35.3 Å². The van der Waals surface area contributed by atoms with Crippen molar-refractivity contribution in [3.8, 4) is 5.75 Å². The number of ether oxygens (including phenoxy) is 2. The molecule has 0 fully saturated rings. The van der Waals surface area contributed by atoms with E-state index >= 15 is 0 Å². The maximum atomic E-state index is 12.3. The maximum absolute atomic E-state index is 12.3. The molecule has 0 saturated carbocycles. The topological polar surface area (TPSA) is 69.9 Å². The maximum Gasteiger partial charge on any atom is 0.338 e. The van der Waals surface area contributed by atoms with Gasteiger partial charge in [-0.1, -0.05) is 42.4 Å². The van der Waals surface area contributed by atoms with Crippen LogP contribution in [0, 0.1) is 0 Å². The minimum atomic E-state index is -0.419. The third-order valence-corrected chi connectivity index (χ3v) is 4.21. The molecule has 2 aromatic carbocycles. The molecule has 1 heterocycles. The van der Waals surface area contributed by atoms with Gasteiger partial charge in [-0.25, -0.2) is 14.3 Å². The van der Waals surface area contributed by atoms with Crippen LogP contribution in [0.5, 0.6) is 5.75 Å². The first-order valence-corrected chi connectivity index (χ1v) is 8.77. The first-order valence-electron chi connectivity index (χ1n) is 8.77. The summed E-state index contributed by atoms with van der Waals surface area (Å²) < 4.78 is 12.6. The van der Waals surface area contributed by atoms with Gasteiger partial charge in [0, 0.05) is 11.6 Å². The van der Waals surface area contributed by atoms with E-state index in [2.05, 4.69) is 5.10 Å². The Bertz CT molecular complexity index is 1000. The summed E-state index contributed by atoms with van der Waals surface area (Å²) in [5, 5.41) is 4.54. The highest BCUT2D eigenvalue weighted by atomic mass is 16.5. The monoisotopic (exact) mass is 364 g/mol. The predicted molar refractivity (Wildman–Crippen MR) is 102 cm³/mol. The summed E-state index contributed by atoms with van der Waals surface area (Å²) in [4.78, 5) is 23.1. The van der Waals surface area contributed by atoms with Crippen molar-refractivity contribution in [2.24, 2.45) is 5.10 Å². The van der Waals surface area contributed by atoms with Crippen LogP contribution in [0.25, 0.3) is 10.9 Å². The lowest BCUT2D eigenvalue weighted by molar-refractivity contribution is 0.0526. The number of hydrogen-bond acceptors (Lipinski definition) is 5. The van der Waals surface area contributed by atoms with E-state index in [1.165, 1.54) is 4.68 Å². The lowest BCUT2D eigenvalue weighted by atomic mass is 10.1. The molecule has 0 amide bonds. The van der Waals surface area contributed by atoms with Gasteiger partial charge in [0.15, 0.2) is 0 Å². The Hall–Kier alpha value is -3.37. The fraction of sp³-hybridized carbons (Fsp3) is 0.238. The van der Waals surface area contributed by atoms with E-state index in [4.69, 9.17) is 9.47 Å². The number of carbonyl (C=O) groups is 1. The molecule has 6 heteroatoms. The lowest BCUT2D eigenvalue weighted by Crippen LogP contribution is -2.06. The average molecular weight is 364 g/mol. The molecular formula is C21H20N2O4. The van der Waals surface area contributed by atoms with Crippen molar-refractivity contribution >= 4 is 23.0 Å². The molecule has 0 spiro atoms. The van der Waals surface area contributed by atoms with Crippen LogP contribution in [0.15, 0.2) is 53.8 Å². The summed E-state index contributed by atoms with van der Waals surface area (Å²) in [6.07, 6.45) is 4.02. The Kier molecular flexibility index (Phi) is 5.69. The molecule has 0 saturated heterocycles. The summed E-state index contributed by atoms with van der Waals surface area (Å²) in [6, 6.07) is 13.1. The minimum absolute atomic E-state index is 0.286. The molecule has 0 N–H and O–H groups in total. The summed E-state index contributed by atoms with van der Waals surface area (Å²) >= 11 is 0. The number of rotatable bonds is 7. The van der Waals surface area contributed by atoms with Crippen LogP contribution < -0.4 is 4.74 Å². The van der Waals surface area contributed by atoms with E-state index in [-0.39, 0.29) is 6.61 Å². The Morgan fingerprint density at radius 1 is 1.19 bits per heavy atom. The molecular weight excluding hydrogens is 344 g/mol. The van der Waals surface area contributed by atoms with E-state index in [0.29, 0.717) is 29.9 Å². The van der Waals surface area contributed by atoms with Gasteiger partial charge in [0.25, 0.3) is 6.08 Å². The molecule has 6 nitrogen and oxygen atoms in total. The largest absolute Gasteiger partial charge is 0.487 e. The highest BCUT2D eigenvalue weighted by Crippen LogP contribution is 2.33. The van der Waals surface area contributed by atoms with Gasteiger partial charge in [-0.3, -0.25) is 0 Å². The normalized spacial score (nSPS) is 10.4. The molecule has 3 rings (SSSR count). The molecule has 3 aromatic rings. The minimum Gasteiger partial charge on any atom is -0.487 e. The standard InChI is InChI=1S/C21H20N2O4/c1-3-16-12-23(22-14-24)20-18(16)10-17(21(25)26-4-2)11-19(20)27-13-15-8-6-5-7-9-15/h5-12H,3-4,13H2,1-2H3. The number of hydrogen-bond donors (Lipinski definition) is 0. The van der Waals surface area contributed by atoms with Gasteiger partial charge in [-0.2, -0.15) is 0 Å². The van der Waals surface area contributed by atoms with Crippen molar-refractivity contribution in [1.29, 1.82) is 0 Å². The van der Waals surface area contributed by atoms with E-state index < -0.39 is 5.97 Å². The smallest absolute Gasteiger partial charge is 0.338 e. The van der Waals surface area contributed by atoms with Gasteiger partial charge in [0.05, 0.1) is 12.2 Å². The van der Waals surface area contributed by atoms with E-state index in [1.54, 1.807) is 31.3 Å². The third-order valence-electron chi connectivity index (χ3n) is 4.21. The Morgan fingerprint density at radius 3 is 2.63 bits per heavy atom. The van der Waals surface area contributed by atoms with E-state index in [9.17, 15) is 9.59 Å². The second-order valence-corrected chi connectivity index (χ2v) is 5.91. The van der Waals surface area contributed by atoms with Crippen LogP contribution >= 0.6 is 0 Å². The zero-order valence-electron chi connectivity index (χ0n) is 15.3. The van der Waals surface area contributed by atoms with Crippen molar-refractivity contribution in [1.82, 2.24) is 4.68 Å². The molecule has 0 atom stereocenters. The Labute approximate surface area is 157 Å². The zero-order chi connectivity index (χ0) is 19.2. The van der Waals surface area contributed by atoms with Crippen molar-refractivity contribution < 1.29 is 19.1 Å². The highest BCUT2D eigenvalue weighted by molar-refractivity contribution is 5.99. The number of isocyanates is 1. The van der Waals surface area contributed by atoms with Gasteiger partial charge in [-0.05, 0) is 36.6 Å². The summed E-state index contributed by atoms with van der Waals surface area (Å²) in [6.45, 7) is 4.36. The van der Waals surface area contributed by atoms with Crippen LogP contribution in [0.4, 0.5) is 0 Å². The van der Waals surface area contributed by atoms with Crippen molar-refractivity contribution in [3.63, 3.8) is 0 Å². The SMILES string of the molecule is CCOC(=O)c1cc(OCc2ccccc2)c2c(c1)c(CC)cn2N=C=O. The van der Waals surface area contributed by atoms with Gasteiger partial charge in [-0.15, -0.1) is 0 Å². The van der Waals surface area contributed by atoms with Crippen LogP contribution in [0.3, 0.4) is 0 Å². The van der Waals surface area contributed by atoms with Gasteiger partial charge in [0.2, 0.25) is 0 Å². The van der Waals surface area contributed by atoms with Gasteiger partial charge < -0.3 is 9.47 Å². The predicted octanol–water partition coefficient (Wildman–Crippen LogP) is 4.06. The number of aromatic nitrogens is 1. The molecule has 0 unspecified atom stereocenters. The van der Waals surface area contributed by atoms with Crippen molar-refractivity contribution in [2.45, 2.75) is 26.9 Å². The van der Waals surface area contributed by atoms with Crippen LogP contribution in [0.2, 0.25) is 0 Å². The number of carbonyl (C=O) groups excluding carboxylic acids is 2. The van der Waals surface area contributed by atoms with Gasteiger partial charge in [0.1, 0.15) is 17.9 Å². The Balaban J connectivity index is 2.12. The first kappa shape index (κ1) is 18.4. The highest BCUT2D eigenvalue weighted by Gasteiger charge is 2.18. The number of benzene rings is 2. The molecule has 138 valence electrons. The van der Waals surface area contributed by atoms with Gasteiger partial charge >= 0.3 is 5.97 Å². The van der Waals surface area contributed by atoms with Crippen molar-refractivity contribution in [3.05, 3.63) is 65.4 Å². The molecule has 0 bridgehead atoms. The average Bonchev–Trinajstić information content (AvgIpc) is 3.05. The third kappa shape index (κ3) is 3.91. The van der Waals surface area contributed by atoms with Crippen molar-refractivity contribution in [2.75, 3.05) is 6.61 Å². The van der Waals surface area contributed by atoms with E-state index in [1.807, 2.05) is 37.3 Å². The number of nitrogens with zero attached hydrogens (tertiary/aromatic N) is 2. The first-order chi connectivity index (χ1) is 13.2. The summed E-state index contributed by atoms with van der Waals surface area (Å²) in [5.74, 6) is 0.0377. The van der Waals surface area contributed by atoms with E-state index in [0.717, 1.165) is 16.5 Å². The Morgan fingerprint density at radius 2 is 1.96 bits per heavy atom. The summed E-state index contributed by atoms with van der Waals surface area (Å²) in [5.41, 5.74) is 2.95. The lowest BCUT2D eigenvalue weighted by Gasteiger charge is -2.11. The van der Waals surface area contributed by atoms with Crippen LogP contribution in [-0.4, -0.2) is 23.3 Å². The second-order valence-electron chi connectivity index (χ2n) is 5.91. The zero-order valence-corrected chi connectivity index (χ0v) is 15.3. The number of fused-ring (bicyclic) bond motifs is 1. The molecule has 27 heavy (non-hydrogen) atoms. The second kappa shape index (κ2) is 8.34. The quantitative estimate of drug-likeness (QED) is 0.360. The van der Waals surface area contributed by atoms with Crippen LogP contribution in [-0.2, 0) is 22.6 Å². The number of esters is 1. The number of aryl methyl sites for hydroxylation is 1. The fourth-order valence-corrected chi connectivity index (χ4v) is 2.95. The molecule has 0 radical (unpaired) electrons. The molecule has 1 aromatic heterocycles. The summed E-state index contributed by atoms with van der Waals surface area (Å²) in [7, 11) is 0. The molecule has 0 aliphatic heterocycles. The molecule has 0 aliphatic rings.